The largest absolute Gasteiger partial charge is 0.456 e. The van der Waals surface area contributed by atoms with Gasteiger partial charge in [0.2, 0.25) is 0 Å². The van der Waals surface area contributed by atoms with Crippen molar-refractivity contribution < 1.29 is 4.42 Å². The summed E-state index contributed by atoms with van der Waals surface area (Å²) >= 11 is 1.72. The summed E-state index contributed by atoms with van der Waals surface area (Å²) in [6.07, 6.45) is 0. The van der Waals surface area contributed by atoms with Crippen LogP contribution in [0, 0.1) is 0 Å². The fraction of sp³-hybridized carbons (Fsp3) is 0.0189. The van der Waals surface area contributed by atoms with Gasteiger partial charge in [-0.15, -0.1) is 11.3 Å². The molecule has 0 saturated carbocycles. The minimum Gasteiger partial charge on any atom is -0.456 e. The first-order chi connectivity index (χ1) is 29.2. The van der Waals surface area contributed by atoms with Crippen LogP contribution >= 0.6 is 11.3 Å². The van der Waals surface area contributed by atoms with Gasteiger partial charge >= 0.3 is 0 Å². The van der Waals surface area contributed by atoms with Crippen LogP contribution in [0.25, 0.3) is 87.8 Å². The molecule has 8 aromatic carbocycles. The molecule has 0 aliphatic heterocycles. The Hall–Kier alpha value is -7.54. The molecule has 0 saturated heterocycles. The monoisotopic (exact) mass is 772 g/mol. The highest BCUT2D eigenvalue weighted by molar-refractivity contribution is 7.21. The number of hydrogen-bond acceptors (Lipinski definition) is 6. The lowest BCUT2D eigenvalue weighted by Gasteiger charge is -2.32. The molecule has 0 unspecified atom stereocenters. The van der Waals surface area contributed by atoms with Gasteiger partial charge in [-0.3, -0.25) is 0 Å². The van der Waals surface area contributed by atoms with Gasteiger partial charge in [0.15, 0.2) is 17.5 Å². The Morgan fingerprint density at radius 2 is 1.03 bits per heavy atom. The molecular weight excluding hydrogens is 741 g/mol. The van der Waals surface area contributed by atoms with Crippen molar-refractivity contribution in [2.24, 2.45) is 0 Å². The van der Waals surface area contributed by atoms with Crippen molar-refractivity contribution in [3.8, 4) is 55.6 Å². The average Bonchev–Trinajstić information content (AvgIpc) is 4.00. The van der Waals surface area contributed by atoms with Gasteiger partial charge in [0.25, 0.3) is 0 Å². The van der Waals surface area contributed by atoms with Gasteiger partial charge in [-0.25, -0.2) is 19.9 Å². The Morgan fingerprint density at radius 1 is 0.424 bits per heavy atom. The van der Waals surface area contributed by atoms with Crippen molar-refractivity contribution in [1.82, 2.24) is 19.9 Å². The number of aromatic nitrogens is 4. The summed E-state index contributed by atoms with van der Waals surface area (Å²) < 4.78 is 7.72. The number of rotatable bonds is 6. The highest BCUT2D eigenvalue weighted by atomic mass is 32.1. The van der Waals surface area contributed by atoms with E-state index in [0.717, 1.165) is 81.7 Å². The lowest BCUT2D eigenvalue weighted by molar-refractivity contribution is 0.669. The van der Waals surface area contributed by atoms with E-state index in [0.29, 0.717) is 17.5 Å². The zero-order valence-corrected chi connectivity index (χ0v) is 32.4. The minimum atomic E-state index is -0.801. The van der Waals surface area contributed by atoms with Crippen LogP contribution in [0.2, 0.25) is 0 Å². The average molecular weight is 773 g/mol. The van der Waals surface area contributed by atoms with Gasteiger partial charge in [-0.1, -0.05) is 164 Å². The molecule has 276 valence electrons. The molecule has 12 rings (SSSR count). The third kappa shape index (κ3) is 5.23. The van der Waals surface area contributed by atoms with E-state index in [1.165, 1.54) is 11.1 Å². The normalized spacial score (nSPS) is 12.9. The second-order valence-corrected chi connectivity index (χ2v) is 16.0. The number of hydrogen-bond donors (Lipinski definition) is 0. The van der Waals surface area contributed by atoms with E-state index in [9.17, 15) is 0 Å². The topological polar surface area (TPSA) is 64.7 Å². The van der Waals surface area contributed by atoms with E-state index in [1.54, 1.807) is 11.3 Å². The maximum absolute atomic E-state index is 6.58. The number of nitrogens with zero attached hydrogens (tertiary/aromatic N) is 4. The quantitative estimate of drug-likeness (QED) is 0.168. The van der Waals surface area contributed by atoms with Crippen LogP contribution in [-0.4, -0.2) is 19.9 Å². The molecule has 59 heavy (non-hydrogen) atoms. The molecular formula is C53H32N4OS. The van der Waals surface area contributed by atoms with Crippen LogP contribution in [-0.2, 0) is 5.41 Å². The Kier molecular flexibility index (Phi) is 7.55. The zero-order valence-electron chi connectivity index (χ0n) is 31.6. The minimum absolute atomic E-state index is 0.587. The molecule has 0 radical (unpaired) electrons. The van der Waals surface area contributed by atoms with Crippen LogP contribution in [0.3, 0.4) is 0 Å². The van der Waals surface area contributed by atoms with Crippen molar-refractivity contribution in [2.45, 2.75) is 5.41 Å². The van der Waals surface area contributed by atoms with Crippen LogP contribution in [0.5, 0.6) is 0 Å². The van der Waals surface area contributed by atoms with Crippen LogP contribution < -0.4 is 0 Å². The molecule has 0 bridgehead atoms. The third-order valence-corrected chi connectivity index (χ3v) is 12.7. The maximum atomic E-state index is 6.58. The van der Waals surface area contributed by atoms with Gasteiger partial charge in [0.05, 0.1) is 10.2 Å². The summed E-state index contributed by atoms with van der Waals surface area (Å²) in [5.74, 6) is 1.87. The van der Waals surface area contributed by atoms with E-state index in [4.69, 9.17) is 24.4 Å². The molecule has 0 fully saturated rings. The van der Waals surface area contributed by atoms with Crippen LogP contribution in [0.4, 0.5) is 0 Å². The molecule has 3 heterocycles. The smallest absolute Gasteiger partial charge is 0.164 e. The predicted molar refractivity (Wildman–Crippen MR) is 239 cm³/mol. The molecule has 11 aromatic rings. The number of thiazole rings is 1. The van der Waals surface area contributed by atoms with Gasteiger partial charge in [-0.2, -0.15) is 0 Å². The molecule has 1 aliphatic rings. The van der Waals surface area contributed by atoms with Crippen molar-refractivity contribution in [1.29, 1.82) is 0 Å². The van der Waals surface area contributed by atoms with E-state index in [2.05, 4.69) is 158 Å². The molecule has 5 nitrogen and oxygen atoms in total. The highest BCUT2D eigenvalue weighted by Gasteiger charge is 2.48. The standard InChI is InChI=1S/C53H32N4OS/c1-4-15-33(16-5-1)49-55-50(57-52(56-49)53(37-19-8-3-9-20-37)42-24-12-10-21-38(42)39-22-11-13-25-43(39)53)40-23-14-26-46-48(40)41-31-35(28-30-45(41)58-46)36-27-29-44-47(32-36)59-51(54-44)34-17-6-2-7-18-34/h1-32H. The summed E-state index contributed by atoms with van der Waals surface area (Å²) in [6.45, 7) is 0. The first-order valence-corrected chi connectivity index (χ1v) is 20.5. The Labute approximate surface area is 344 Å². The lowest BCUT2D eigenvalue weighted by atomic mass is 9.71. The highest BCUT2D eigenvalue weighted by Crippen LogP contribution is 2.55. The lowest BCUT2D eigenvalue weighted by Crippen LogP contribution is -2.31. The van der Waals surface area contributed by atoms with Gasteiger partial charge in [0, 0.05) is 27.5 Å². The Bertz CT molecular complexity index is 3350. The zero-order chi connectivity index (χ0) is 38.9. The second kappa shape index (κ2) is 13.3. The second-order valence-electron chi connectivity index (χ2n) is 14.9. The fourth-order valence-corrected chi connectivity index (χ4v) is 10.00. The molecule has 0 N–H and O–H groups in total. The van der Waals surface area contributed by atoms with Crippen molar-refractivity contribution >= 4 is 43.5 Å². The summed E-state index contributed by atoms with van der Waals surface area (Å²) in [5, 5.41) is 2.98. The first kappa shape index (κ1) is 33.6. The van der Waals surface area contributed by atoms with E-state index in [-0.39, 0.29) is 0 Å². The molecule has 0 amide bonds. The molecule has 6 heteroatoms. The van der Waals surface area contributed by atoms with Gasteiger partial charge < -0.3 is 4.42 Å². The summed E-state index contributed by atoms with van der Waals surface area (Å²) in [6, 6.07) is 67.7. The van der Waals surface area contributed by atoms with Crippen molar-refractivity contribution in [2.75, 3.05) is 0 Å². The van der Waals surface area contributed by atoms with Gasteiger partial charge in [0.1, 0.15) is 21.6 Å². The summed E-state index contributed by atoms with van der Waals surface area (Å²) in [4.78, 5) is 21.2. The molecule has 0 spiro atoms. The van der Waals surface area contributed by atoms with E-state index >= 15 is 0 Å². The van der Waals surface area contributed by atoms with Crippen molar-refractivity contribution in [3.05, 3.63) is 217 Å². The summed E-state index contributed by atoms with van der Waals surface area (Å²) in [5.41, 5.74) is 12.7. The van der Waals surface area contributed by atoms with E-state index in [1.807, 2.05) is 36.4 Å². The van der Waals surface area contributed by atoms with Crippen molar-refractivity contribution in [3.63, 3.8) is 0 Å². The fourth-order valence-electron chi connectivity index (χ4n) is 8.99. The number of benzene rings is 8. The number of fused-ring (bicyclic) bond motifs is 7. The molecule has 3 aromatic heterocycles. The predicted octanol–water partition coefficient (Wildman–Crippen LogP) is 13.4. The molecule has 0 atom stereocenters. The van der Waals surface area contributed by atoms with Crippen LogP contribution in [0.15, 0.2) is 199 Å². The van der Waals surface area contributed by atoms with Crippen LogP contribution in [0.1, 0.15) is 22.5 Å². The molecule has 1 aliphatic carbocycles. The third-order valence-electron chi connectivity index (χ3n) is 11.6. The first-order valence-electron chi connectivity index (χ1n) is 19.7. The van der Waals surface area contributed by atoms with Gasteiger partial charge in [-0.05, 0) is 69.3 Å². The Morgan fingerprint density at radius 3 is 1.78 bits per heavy atom. The maximum Gasteiger partial charge on any atom is 0.164 e. The SMILES string of the molecule is c1ccc(-c2nc(-c3cccc4oc5ccc(-c6ccc7nc(-c8ccccc8)sc7c6)cc5c34)nc(C3(c4ccccc4)c4ccccc4-c4ccccc43)n2)cc1. The summed E-state index contributed by atoms with van der Waals surface area (Å²) in [7, 11) is 0. The van der Waals surface area contributed by atoms with E-state index < -0.39 is 5.41 Å². The number of furan rings is 1. The Balaban J connectivity index is 1.09.